The highest BCUT2D eigenvalue weighted by atomic mass is 19.1. The van der Waals surface area contributed by atoms with Gasteiger partial charge in [-0.15, -0.1) is 0 Å². The quantitative estimate of drug-likeness (QED) is 0.738. The molecule has 2 heterocycles. The molecule has 2 aromatic rings. The minimum Gasteiger partial charge on any atom is -0.343 e. The van der Waals surface area contributed by atoms with Gasteiger partial charge >= 0.3 is 0 Å². The third kappa shape index (κ3) is 1.55. The second-order valence-electron chi connectivity index (χ2n) is 4.91. The predicted molar refractivity (Wildman–Crippen MR) is 63.0 cm³/mol. The summed E-state index contributed by atoms with van der Waals surface area (Å²) in [6.07, 6.45) is 2.24. The van der Waals surface area contributed by atoms with E-state index in [1.807, 2.05) is 18.7 Å². The lowest BCUT2D eigenvalue weighted by Gasteiger charge is -2.29. The molecule has 1 aliphatic rings. The lowest BCUT2D eigenvalue weighted by atomic mass is 9.99. The molecule has 1 unspecified atom stereocenters. The summed E-state index contributed by atoms with van der Waals surface area (Å²) < 4.78 is 29.0. The summed E-state index contributed by atoms with van der Waals surface area (Å²) in [6.45, 7) is 0.756. The number of likely N-dealkylation sites (N-methyl/N-ethyl adjacent to an activating group) is 1. The summed E-state index contributed by atoms with van der Waals surface area (Å²) in [5.41, 5.74) is 1.75. The highest BCUT2D eigenvalue weighted by molar-refractivity contribution is 5.84. The molecule has 0 fully saturated rings. The molecule has 0 N–H and O–H groups in total. The van der Waals surface area contributed by atoms with Crippen LogP contribution in [-0.2, 0) is 13.0 Å². The fraction of sp³-hybridized carbons (Fsp3) is 0.385. The highest BCUT2D eigenvalue weighted by Crippen LogP contribution is 2.30. The SMILES string of the molecule is CN(C)C1Cc2cc(F)cc3c(F)cn(c23)C1. The minimum atomic E-state index is -0.358. The monoisotopic (exact) mass is 236 g/mol. The number of hydrogen-bond donors (Lipinski definition) is 0. The number of benzene rings is 1. The molecule has 17 heavy (non-hydrogen) atoms. The molecule has 1 aliphatic heterocycles. The minimum absolute atomic E-state index is 0.291. The first-order chi connectivity index (χ1) is 8.06. The largest absolute Gasteiger partial charge is 0.343 e. The van der Waals surface area contributed by atoms with Crippen LogP contribution in [-0.4, -0.2) is 29.6 Å². The summed E-state index contributed by atoms with van der Waals surface area (Å²) in [5.74, 6) is -0.691. The van der Waals surface area contributed by atoms with Crippen molar-refractivity contribution in [1.82, 2.24) is 9.47 Å². The van der Waals surface area contributed by atoms with Gasteiger partial charge in [-0.25, -0.2) is 8.78 Å². The van der Waals surface area contributed by atoms with E-state index in [1.165, 1.54) is 18.3 Å². The van der Waals surface area contributed by atoms with E-state index < -0.39 is 0 Å². The summed E-state index contributed by atoms with van der Waals surface area (Å²) in [5, 5.41) is 0.400. The highest BCUT2D eigenvalue weighted by Gasteiger charge is 2.24. The van der Waals surface area contributed by atoms with Gasteiger partial charge in [-0.1, -0.05) is 0 Å². The topological polar surface area (TPSA) is 8.17 Å². The van der Waals surface area contributed by atoms with Crippen molar-refractivity contribution in [2.24, 2.45) is 0 Å². The molecule has 1 aromatic heterocycles. The number of halogens is 2. The van der Waals surface area contributed by atoms with Crippen LogP contribution < -0.4 is 0 Å². The van der Waals surface area contributed by atoms with E-state index in [0.29, 0.717) is 11.4 Å². The first-order valence-electron chi connectivity index (χ1n) is 5.69. The molecular formula is C13H14F2N2. The van der Waals surface area contributed by atoms with E-state index in [2.05, 4.69) is 4.90 Å². The maximum Gasteiger partial charge on any atom is 0.148 e. The first-order valence-corrected chi connectivity index (χ1v) is 5.69. The molecular weight excluding hydrogens is 222 g/mol. The number of rotatable bonds is 1. The summed E-state index contributed by atoms with van der Waals surface area (Å²) in [6, 6.07) is 3.09. The number of nitrogens with zero attached hydrogens (tertiary/aromatic N) is 2. The van der Waals surface area contributed by atoms with E-state index in [1.54, 1.807) is 0 Å². The molecule has 0 amide bonds. The summed E-state index contributed by atoms with van der Waals surface area (Å²) in [4.78, 5) is 2.09. The normalized spacial score (nSPS) is 19.2. The standard InChI is InChI=1S/C13H14F2N2/c1-16(2)10-4-8-3-9(14)5-11-12(15)7-17(6-10)13(8)11/h3,5,7,10H,4,6H2,1-2H3. The third-order valence-electron chi connectivity index (χ3n) is 3.56. The van der Waals surface area contributed by atoms with Gasteiger partial charge in [0.2, 0.25) is 0 Å². The van der Waals surface area contributed by atoms with Gasteiger partial charge < -0.3 is 9.47 Å². The molecule has 0 spiro atoms. The molecule has 1 atom stereocenters. The number of hydrogen-bond acceptors (Lipinski definition) is 1. The van der Waals surface area contributed by atoms with Crippen LogP contribution in [0.5, 0.6) is 0 Å². The lowest BCUT2D eigenvalue weighted by Crippen LogP contribution is -2.36. The zero-order valence-electron chi connectivity index (χ0n) is 9.87. The van der Waals surface area contributed by atoms with Gasteiger partial charge in [-0.05, 0) is 38.2 Å². The van der Waals surface area contributed by atoms with Gasteiger partial charge in [-0.3, -0.25) is 0 Å². The van der Waals surface area contributed by atoms with Gasteiger partial charge in [0.15, 0.2) is 0 Å². The molecule has 1 aromatic carbocycles. The van der Waals surface area contributed by atoms with Gasteiger partial charge in [0.25, 0.3) is 0 Å². The fourth-order valence-corrected chi connectivity index (χ4v) is 2.64. The average Bonchev–Trinajstić information content (AvgIpc) is 2.56. The molecule has 2 nitrogen and oxygen atoms in total. The Balaban J connectivity index is 2.23. The lowest BCUT2D eigenvalue weighted by molar-refractivity contribution is 0.258. The Morgan fingerprint density at radius 1 is 1.29 bits per heavy atom. The van der Waals surface area contributed by atoms with E-state index in [0.717, 1.165) is 24.0 Å². The van der Waals surface area contributed by atoms with Gasteiger partial charge in [0, 0.05) is 24.2 Å². The second-order valence-corrected chi connectivity index (χ2v) is 4.91. The Labute approximate surface area is 98.4 Å². The van der Waals surface area contributed by atoms with E-state index in [9.17, 15) is 8.78 Å². The Kier molecular flexibility index (Phi) is 2.23. The Bertz CT molecular complexity index is 587. The van der Waals surface area contributed by atoms with Crippen molar-refractivity contribution in [2.45, 2.75) is 19.0 Å². The second kappa shape index (κ2) is 3.53. The van der Waals surface area contributed by atoms with Crippen molar-refractivity contribution in [1.29, 1.82) is 0 Å². The Morgan fingerprint density at radius 3 is 2.76 bits per heavy atom. The first kappa shape index (κ1) is 10.7. The maximum absolute atomic E-state index is 13.7. The Morgan fingerprint density at radius 2 is 2.06 bits per heavy atom. The Hall–Kier alpha value is -1.42. The van der Waals surface area contributed by atoms with Gasteiger partial charge in [0.05, 0.1) is 5.52 Å². The molecule has 0 radical (unpaired) electrons. The van der Waals surface area contributed by atoms with Crippen LogP contribution in [0, 0.1) is 11.6 Å². The van der Waals surface area contributed by atoms with Crippen molar-refractivity contribution in [3.8, 4) is 0 Å². The molecule has 4 heteroatoms. The third-order valence-corrected chi connectivity index (χ3v) is 3.56. The van der Waals surface area contributed by atoms with Crippen LogP contribution in [0.25, 0.3) is 10.9 Å². The van der Waals surface area contributed by atoms with Crippen LogP contribution >= 0.6 is 0 Å². The van der Waals surface area contributed by atoms with E-state index in [4.69, 9.17) is 0 Å². The molecule has 0 saturated carbocycles. The molecule has 3 rings (SSSR count). The van der Waals surface area contributed by atoms with Gasteiger partial charge in [0.1, 0.15) is 11.6 Å². The van der Waals surface area contributed by atoms with Crippen molar-refractivity contribution in [3.05, 3.63) is 35.5 Å². The average molecular weight is 236 g/mol. The van der Waals surface area contributed by atoms with Crippen LogP contribution in [0.1, 0.15) is 5.56 Å². The summed E-state index contributed by atoms with van der Waals surface area (Å²) >= 11 is 0. The van der Waals surface area contributed by atoms with Crippen molar-refractivity contribution in [3.63, 3.8) is 0 Å². The van der Waals surface area contributed by atoms with E-state index >= 15 is 0 Å². The number of aromatic nitrogens is 1. The predicted octanol–water partition coefficient (Wildman–Crippen LogP) is 2.41. The smallest absolute Gasteiger partial charge is 0.148 e. The van der Waals surface area contributed by atoms with Crippen LogP contribution in [0.3, 0.4) is 0 Å². The molecule has 90 valence electrons. The molecule has 0 saturated heterocycles. The van der Waals surface area contributed by atoms with Crippen molar-refractivity contribution < 1.29 is 8.78 Å². The zero-order chi connectivity index (χ0) is 12.2. The van der Waals surface area contributed by atoms with Crippen LogP contribution in [0.4, 0.5) is 8.78 Å². The molecule has 0 bridgehead atoms. The van der Waals surface area contributed by atoms with E-state index in [-0.39, 0.29) is 11.6 Å². The zero-order valence-corrected chi connectivity index (χ0v) is 9.87. The van der Waals surface area contributed by atoms with Crippen molar-refractivity contribution >= 4 is 10.9 Å². The maximum atomic E-state index is 13.7. The fourth-order valence-electron chi connectivity index (χ4n) is 2.64. The van der Waals surface area contributed by atoms with Crippen LogP contribution in [0.2, 0.25) is 0 Å². The van der Waals surface area contributed by atoms with Crippen molar-refractivity contribution in [2.75, 3.05) is 14.1 Å². The van der Waals surface area contributed by atoms with Gasteiger partial charge in [-0.2, -0.15) is 0 Å². The van der Waals surface area contributed by atoms with Crippen LogP contribution in [0.15, 0.2) is 18.3 Å². The summed E-state index contributed by atoms with van der Waals surface area (Å²) in [7, 11) is 3.98. The molecule has 0 aliphatic carbocycles.